The molecule has 7 fully saturated rings. The second-order valence-corrected chi connectivity index (χ2v) is 8.92. The summed E-state index contributed by atoms with van der Waals surface area (Å²) in [5.74, 6) is 7.61. The summed E-state index contributed by atoms with van der Waals surface area (Å²) in [6.45, 7) is 2.50. The zero-order valence-corrected chi connectivity index (χ0v) is 12.7. The van der Waals surface area contributed by atoms with Gasteiger partial charge in [0.05, 0.1) is 7.11 Å². The third-order valence-electron chi connectivity index (χ3n) is 8.38. The molecular formula is C18H26O2. The first-order valence-corrected chi connectivity index (χ1v) is 8.67. The van der Waals surface area contributed by atoms with Gasteiger partial charge in [-0.3, -0.25) is 4.79 Å². The van der Waals surface area contributed by atoms with Crippen molar-refractivity contribution in [1.82, 2.24) is 0 Å². The standard InChI is InChI=1S/C18H26O2/c1-18-7-13-10-3-9-4-11(13)17(12(5-9)14(10)8-18)15(18)6-16(19)20-2/h9-15,17H,3-8H2,1-2H3. The van der Waals surface area contributed by atoms with Gasteiger partial charge in [0.25, 0.3) is 0 Å². The summed E-state index contributed by atoms with van der Waals surface area (Å²) < 4.78 is 5.01. The van der Waals surface area contributed by atoms with E-state index in [4.69, 9.17) is 4.74 Å². The van der Waals surface area contributed by atoms with Crippen molar-refractivity contribution >= 4 is 5.97 Å². The van der Waals surface area contributed by atoms with Gasteiger partial charge in [-0.25, -0.2) is 0 Å². The largest absolute Gasteiger partial charge is 0.469 e. The van der Waals surface area contributed by atoms with E-state index >= 15 is 0 Å². The van der Waals surface area contributed by atoms with Gasteiger partial charge in [-0.15, -0.1) is 0 Å². The maximum Gasteiger partial charge on any atom is 0.305 e. The maximum atomic E-state index is 11.9. The van der Waals surface area contributed by atoms with Crippen molar-refractivity contribution < 1.29 is 9.53 Å². The van der Waals surface area contributed by atoms with Crippen LogP contribution in [-0.4, -0.2) is 13.1 Å². The number of carbonyl (C=O) groups is 1. The molecule has 110 valence electrons. The van der Waals surface area contributed by atoms with Crippen molar-refractivity contribution in [2.75, 3.05) is 7.11 Å². The van der Waals surface area contributed by atoms with Crippen LogP contribution in [0.1, 0.15) is 45.4 Å². The molecule has 0 spiro atoms. The molecule has 0 N–H and O–H groups in total. The quantitative estimate of drug-likeness (QED) is 0.720. The summed E-state index contributed by atoms with van der Waals surface area (Å²) in [6, 6.07) is 0. The predicted octanol–water partition coefficient (Wildman–Crippen LogP) is 3.50. The highest BCUT2D eigenvalue weighted by atomic mass is 16.5. The molecule has 7 aliphatic carbocycles. The van der Waals surface area contributed by atoms with Gasteiger partial charge in [-0.2, -0.15) is 0 Å². The predicted molar refractivity (Wildman–Crippen MR) is 75.7 cm³/mol. The van der Waals surface area contributed by atoms with E-state index in [1.807, 2.05) is 0 Å². The van der Waals surface area contributed by atoms with Crippen LogP contribution in [0.2, 0.25) is 0 Å². The first kappa shape index (κ1) is 12.1. The Morgan fingerprint density at radius 1 is 1.05 bits per heavy atom. The van der Waals surface area contributed by atoms with Gasteiger partial charge in [-0.05, 0) is 84.9 Å². The molecular weight excluding hydrogens is 248 g/mol. The van der Waals surface area contributed by atoms with Crippen LogP contribution < -0.4 is 0 Å². The van der Waals surface area contributed by atoms with Crippen LogP contribution in [0.25, 0.3) is 0 Å². The molecule has 5 atom stereocenters. The Morgan fingerprint density at radius 3 is 2.25 bits per heavy atom. The van der Waals surface area contributed by atoms with E-state index in [0.717, 1.165) is 41.4 Å². The summed E-state index contributed by atoms with van der Waals surface area (Å²) in [6.07, 6.45) is 8.05. The Balaban J connectivity index is 1.55. The summed E-state index contributed by atoms with van der Waals surface area (Å²) in [4.78, 5) is 11.9. The van der Waals surface area contributed by atoms with E-state index in [1.165, 1.54) is 25.7 Å². The molecule has 7 rings (SSSR count). The molecule has 20 heavy (non-hydrogen) atoms. The average Bonchev–Trinajstić information content (AvgIpc) is 2.44. The number of rotatable bonds is 2. The number of ether oxygens (including phenoxy) is 1. The van der Waals surface area contributed by atoms with Crippen LogP contribution in [0.4, 0.5) is 0 Å². The number of hydrogen-bond acceptors (Lipinski definition) is 2. The third-order valence-corrected chi connectivity index (χ3v) is 8.38. The van der Waals surface area contributed by atoms with E-state index in [9.17, 15) is 4.79 Å². The first-order valence-electron chi connectivity index (χ1n) is 8.67. The lowest BCUT2D eigenvalue weighted by molar-refractivity contribution is -0.259. The molecule has 7 aliphatic rings. The summed E-state index contributed by atoms with van der Waals surface area (Å²) in [7, 11) is 1.55. The molecule has 2 heteroatoms. The zero-order valence-electron chi connectivity index (χ0n) is 12.7. The molecule has 0 radical (unpaired) electrons. The Hall–Kier alpha value is -0.530. The average molecular weight is 274 g/mol. The van der Waals surface area contributed by atoms with Crippen LogP contribution in [0.3, 0.4) is 0 Å². The second kappa shape index (κ2) is 3.62. The number of carbonyl (C=O) groups excluding carboxylic acids is 1. The maximum absolute atomic E-state index is 11.9. The smallest absolute Gasteiger partial charge is 0.305 e. The molecule has 2 nitrogen and oxygen atoms in total. The molecule has 0 saturated heterocycles. The lowest BCUT2D eigenvalue weighted by Crippen LogP contribution is -2.68. The highest BCUT2D eigenvalue weighted by Gasteiger charge is 2.69. The summed E-state index contributed by atoms with van der Waals surface area (Å²) in [5, 5.41) is 0. The molecule has 5 unspecified atom stereocenters. The molecule has 0 aromatic carbocycles. The fourth-order valence-corrected chi connectivity index (χ4v) is 8.07. The van der Waals surface area contributed by atoms with Gasteiger partial charge in [0.2, 0.25) is 0 Å². The minimum atomic E-state index is 0.0342. The molecule has 0 heterocycles. The molecule has 0 amide bonds. The lowest BCUT2D eigenvalue weighted by atomic mass is 9.30. The topological polar surface area (TPSA) is 26.3 Å². The Kier molecular flexibility index (Phi) is 2.18. The van der Waals surface area contributed by atoms with Crippen LogP contribution >= 0.6 is 0 Å². The van der Waals surface area contributed by atoms with Gasteiger partial charge < -0.3 is 4.74 Å². The highest BCUT2D eigenvalue weighted by molar-refractivity contribution is 5.69. The molecule has 0 aromatic rings. The minimum absolute atomic E-state index is 0.0342. The molecule has 7 saturated carbocycles. The van der Waals surface area contributed by atoms with Crippen molar-refractivity contribution in [1.29, 1.82) is 0 Å². The van der Waals surface area contributed by atoms with Crippen LogP contribution in [0.15, 0.2) is 0 Å². The van der Waals surface area contributed by atoms with E-state index in [-0.39, 0.29) is 5.97 Å². The van der Waals surface area contributed by atoms with E-state index < -0.39 is 0 Å². The van der Waals surface area contributed by atoms with Gasteiger partial charge in [0.15, 0.2) is 0 Å². The number of esters is 1. The number of methoxy groups -OCH3 is 1. The number of hydrogen-bond donors (Lipinski definition) is 0. The van der Waals surface area contributed by atoms with Gasteiger partial charge in [0.1, 0.15) is 0 Å². The van der Waals surface area contributed by atoms with Crippen molar-refractivity contribution in [2.24, 2.45) is 52.8 Å². The highest BCUT2D eigenvalue weighted by Crippen LogP contribution is 2.76. The fraction of sp³-hybridized carbons (Fsp3) is 0.944. The molecule has 0 aliphatic heterocycles. The van der Waals surface area contributed by atoms with Gasteiger partial charge in [0, 0.05) is 6.42 Å². The van der Waals surface area contributed by atoms with Gasteiger partial charge >= 0.3 is 5.97 Å². The van der Waals surface area contributed by atoms with E-state index in [2.05, 4.69) is 6.92 Å². The van der Waals surface area contributed by atoms with Crippen molar-refractivity contribution in [3.63, 3.8) is 0 Å². The van der Waals surface area contributed by atoms with Crippen molar-refractivity contribution in [3.05, 3.63) is 0 Å². The SMILES string of the molecule is COC(=O)CC1C2C3CC4CC5C3CC1(C)CC5C2C4. The van der Waals surface area contributed by atoms with E-state index in [1.54, 1.807) is 13.5 Å². The molecule has 8 bridgehead atoms. The van der Waals surface area contributed by atoms with Gasteiger partial charge in [-0.1, -0.05) is 6.92 Å². The van der Waals surface area contributed by atoms with Crippen LogP contribution in [0, 0.1) is 52.8 Å². The Labute approximate surface area is 121 Å². The Bertz CT molecular complexity index is 446. The lowest BCUT2D eigenvalue weighted by Gasteiger charge is -2.74. The minimum Gasteiger partial charge on any atom is -0.469 e. The zero-order chi connectivity index (χ0) is 13.6. The van der Waals surface area contributed by atoms with Crippen LogP contribution in [0.5, 0.6) is 0 Å². The summed E-state index contributed by atoms with van der Waals surface area (Å²) in [5.41, 5.74) is 0.446. The van der Waals surface area contributed by atoms with Crippen LogP contribution in [-0.2, 0) is 9.53 Å². The monoisotopic (exact) mass is 274 g/mol. The normalized spacial score (nSPS) is 61.1. The molecule has 0 aromatic heterocycles. The Morgan fingerprint density at radius 2 is 1.65 bits per heavy atom. The fourth-order valence-electron chi connectivity index (χ4n) is 8.07. The van der Waals surface area contributed by atoms with Crippen molar-refractivity contribution in [3.8, 4) is 0 Å². The third kappa shape index (κ3) is 1.25. The summed E-state index contributed by atoms with van der Waals surface area (Å²) >= 11 is 0. The van der Waals surface area contributed by atoms with Crippen molar-refractivity contribution in [2.45, 2.75) is 45.4 Å². The van der Waals surface area contributed by atoms with E-state index in [0.29, 0.717) is 17.8 Å². The first-order chi connectivity index (χ1) is 9.60. The second-order valence-electron chi connectivity index (χ2n) is 8.92.